The summed E-state index contributed by atoms with van der Waals surface area (Å²) in [6, 6.07) is 15.0. The lowest BCUT2D eigenvalue weighted by molar-refractivity contribution is 0.0939. The third-order valence-electron chi connectivity index (χ3n) is 4.90. The molecule has 1 heterocycles. The fraction of sp³-hybridized carbons (Fsp3) is 0.304. The number of aromatic nitrogens is 2. The van der Waals surface area contributed by atoms with Crippen LogP contribution in [0.4, 0.5) is 0 Å². The summed E-state index contributed by atoms with van der Waals surface area (Å²) in [7, 11) is 3.23. The van der Waals surface area contributed by atoms with E-state index in [1.165, 1.54) is 0 Å². The average Bonchev–Trinajstić information content (AvgIpc) is 3.04. The molecule has 1 atom stereocenters. The van der Waals surface area contributed by atoms with E-state index in [-0.39, 0.29) is 11.9 Å². The first-order valence-corrected chi connectivity index (χ1v) is 9.54. The Kier molecular flexibility index (Phi) is 6.22. The van der Waals surface area contributed by atoms with E-state index in [0.717, 1.165) is 28.3 Å². The fourth-order valence-electron chi connectivity index (χ4n) is 3.30. The first-order chi connectivity index (χ1) is 13.9. The van der Waals surface area contributed by atoms with Crippen molar-refractivity contribution in [2.45, 2.75) is 33.4 Å². The van der Waals surface area contributed by atoms with E-state index in [0.29, 0.717) is 17.9 Å². The van der Waals surface area contributed by atoms with Crippen LogP contribution in [0.3, 0.4) is 0 Å². The monoisotopic (exact) mass is 393 g/mol. The molecule has 0 aliphatic heterocycles. The molecular formula is C23H27N3O3. The second kappa shape index (κ2) is 8.82. The quantitative estimate of drug-likeness (QED) is 0.658. The molecule has 0 saturated carbocycles. The minimum Gasteiger partial charge on any atom is -0.497 e. The summed E-state index contributed by atoms with van der Waals surface area (Å²) in [6.07, 6.45) is 0. The van der Waals surface area contributed by atoms with E-state index in [4.69, 9.17) is 9.47 Å². The second-order valence-corrected chi connectivity index (χ2v) is 7.08. The summed E-state index contributed by atoms with van der Waals surface area (Å²) in [5.41, 5.74) is 4.68. The van der Waals surface area contributed by atoms with Gasteiger partial charge in [-0.3, -0.25) is 9.48 Å². The summed E-state index contributed by atoms with van der Waals surface area (Å²) >= 11 is 0. The molecule has 6 heteroatoms. The van der Waals surface area contributed by atoms with Crippen molar-refractivity contribution in [3.63, 3.8) is 0 Å². The molecule has 1 amide bonds. The molecule has 0 spiro atoms. The molecule has 0 saturated heterocycles. The number of ether oxygens (including phenoxy) is 2. The van der Waals surface area contributed by atoms with Crippen molar-refractivity contribution in [3.05, 3.63) is 76.6 Å². The Balaban J connectivity index is 1.70. The van der Waals surface area contributed by atoms with Gasteiger partial charge in [0.1, 0.15) is 11.5 Å². The molecule has 0 aliphatic rings. The SMILES string of the molecule is COc1ccc(OC)c([C@@H](C)NC(=O)c2ccc(Cn3nc(C)cc3C)cc2)c1. The smallest absolute Gasteiger partial charge is 0.251 e. The summed E-state index contributed by atoms with van der Waals surface area (Å²) in [4.78, 5) is 12.7. The van der Waals surface area contributed by atoms with E-state index in [1.807, 2.05) is 67.9 Å². The Labute approximate surface area is 171 Å². The molecule has 29 heavy (non-hydrogen) atoms. The van der Waals surface area contributed by atoms with Crippen LogP contribution in [0.15, 0.2) is 48.5 Å². The maximum Gasteiger partial charge on any atom is 0.251 e. The number of benzene rings is 2. The van der Waals surface area contributed by atoms with Crippen LogP contribution in [-0.2, 0) is 6.54 Å². The Morgan fingerprint density at radius 2 is 1.79 bits per heavy atom. The third-order valence-corrected chi connectivity index (χ3v) is 4.90. The number of rotatable bonds is 7. The van der Waals surface area contributed by atoms with Gasteiger partial charge >= 0.3 is 0 Å². The molecule has 152 valence electrons. The van der Waals surface area contributed by atoms with Gasteiger partial charge < -0.3 is 14.8 Å². The van der Waals surface area contributed by atoms with Gasteiger partial charge in [0.2, 0.25) is 0 Å². The number of methoxy groups -OCH3 is 2. The van der Waals surface area contributed by atoms with Crippen LogP contribution in [0, 0.1) is 13.8 Å². The number of nitrogens with zero attached hydrogens (tertiary/aromatic N) is 2. The maximum absolute atomic E-state index is 12.7. The lowest BCUT2D eigenvalue weighted by atomic mass is 10.1. The summed E-state index contributed by atoms with van der Waals surface area (Å²) in [5, 5.41) is 7.51. The normalized spacial score (nSPS) is 11.8. The molecule has 1 N–H and O–H groups in total. The maximum atomic E-state index is 12.7. The van der Waals surface area contributed by atoms with E-state index < -0.39 is 0 Å². The van der Waals surface area contributed by atoms with Gasteiger partial charge in [0.15, 0.2) is 0 Å². The summed E-state index contributed by atoms with van der Waals surface area (Å²) in [5.74, 6) is 1.29. The molecule has 0 fully saturated rings. The molecule has 1 aromatic heterocycles. The van der Waals surface area contributed by atoms with Gasteiger partial charge in [-0.25, -0.2) is 0 Å². The molecule has 3 rings (SSSR count). The predicted molar refractivity (Wildman–Crippen MR) is 113 cm³/mol. The van der Waals surface area contributed by atoms with Gasteiger partial charge in [0, 0.05) is 16.8 Å². The summed E-state index contributed by atoms with van der Waals surface area (Å²) in [6.45, 7) is 6.62. The van der Waals surface area contributed by atoms with Crippen LogP contribution in [0.5, 0.6) is 11.5 Å². The Morgan fingerprint density at radius 1 is 1.07 bits per heavy atom. The van der Waals surface area contributed by atoms with Crippen LogP contribution < -0.4 is 14.8 Å². The average molecular weight is 393 g/mol. The summed E-state index contributed by atoms with van der Waals surface area (Å²) < 4.78 is 12.7. The van der Waals surface area contributed by atoms with Crippen LogP contribution in [-0.4, -0.2) is 29.9 Å². The zero-order valence-electron chi connectivity index (χ0n) is 17.5. The first-order valence-electron chi connectivity index (χ1n) is 9.54. The molecular weight excluding hydrogens is 366 g/mol. The highest BCUT2D eigenvalue weighted by molar-refractivity contribution is 5.94. The Morgan fingerprint density at radius 3 is 2.38 bits per heavy atom. The number of hydrogen-bond acceptors (Lipinski definition) is 4. The van der Waals surface area contributed by atoms with Gasteiger partial charge in [-0.2, -0.15) is 5.10 Å². The van der Waals surface area contributed by atoms with E-state index in [1.54, 1.807) is 14.2 Å². The zero-order chi connectivity index (χ0) is 21.0. The minimum absolute atomic E-state index is 0.139. The second-order valence-electron chi connectivity index (χ2n) is 7.08. The predicted octanol–water partition coefficient (Wildman–Crippen LogP) is 4.06. The topological polar surface area (TPSA) is 65.4 Å². The van der Waals surface area contributed by atoms with Crippen molar-refractivity contribution in [3.8, 4) is 11.5 Å². The third kappa shape index (κ3) is 4.77. The lowest BCUT2D eigenvalue weighted by Crippen LogP contribution is -2.27. The van der Waals surface area contributed by atoms with Crippen molar-refractivity contribution < 1.29 is 14.3 Å². The zero-order valence-corrected chi connectivity index (χ0v) is 17.5. The van der Waals surface area contributed by atoms with Gasteiger partial charge in [0.25, 0.3) is 5.91 Å². The van der Waals surface area contributed by atoms with Gasteiger partial charge in [-0.05, 0) is 62.7 Å². The molecule has 0 bridgehead atoms. The van der Waals surface area contributed by atoms with Crippen molar-refractivity contribution in [2.24, 2.45) is 0 Å². The standard InChI is InChI=1S/C23H27N3O3/c1-15-12-16(2)26(25-15)14-18-6-8-19(9-7-18)23(27)24-17(3)21-13-20(28-4)10-11-22(21)29-5/h6-13,17H,14H2,1-5H3,(H,24,27)/t17-/m1/s1. The van der Waals surface area contributed by atoms with E-state index >= 15 is 0 Å². The first kappa shape index (κ1) is 20.5. The Bertz CT molecular complexity index is 993. The van der Waals surface area contributed by atoms with E-state index in [9.17, 15) is 4.79 Å². The van der Waals surface area contributed by atoms with Crippen molar-refractivity contribution in [1.82, 2.24) is 15.1 Å². The van der Waals surface area contributed by atoms with E-state index in [2.05, 4.69) is 16.5 Å². The van der Waals surface area contributed by atoms with Gasteiger partial charge in [-0.15, -0.1) is 0 Å². The highest BCUT2D eigenvalue weighted by atomic mass is 16.5. The van der Waals surface area contributed by atoms with Crippen LogP contribution in [0.1, 0.15) is 45.8 Å². The van der Waals surface area contributed by atoms with Crippen LogP contribution in [0.2, 0.25) is 0 Å². The number of aryl methyl sites for hydroxylation is 2. The molecule has 3 aromatic rings. The van der Waals surface area contributed by atoms with Crippen molar-refractivity contribution >= 4 is 5.91 Å². The van der Waals surface area contributed by atoms with Crippen LogP contribution in [0.25, 0.3) is 0 Å². The molecule has 2 aromatic carbocycles. The lowest BCUT2D eigenvalue weighted by Gasteiger charge is -2.18. The number of carbonyl (C=O) groups excluding carboxylic acids is 1. The number of hydrogen-bond donors (Lipinski definition) is 1. The highest BCUT2D eigenvalue weighted by Gasteiger charge is 2.16. The van der Waals surface area contributed by atoms with Crippen LogP contribution >= 0.6 is 0 Å². The number of nitrogens with one attached hydrogen (secondary N) is 1. The molecule has 0 unspecified atom stereocenters. The van der Waals surface area contributed by atoms with Crippen molar-refractivity contribution in [1.29, 1.82) is 0 Å². The molecule has 0 radical (unpaired) electrons. The number of carbonyl (C=O) groups is 1. The largest absolute Gasteiger partial charge is 0.497 e. The van der Waals surface area contributed by atoms with Gasteiger partial charge in [-0.1, -0.05) is 12.1 Å². The van der Waals surface area contributed by atoms with Gasteiger partial charge in [0.05, 0.1) is 32.5 Å². The highest BCUT2D eigenvalue weighted by Crippen LogP contribution is 2.29. The van der Waals surface area contributed by atoms with Crippen molar-refractivity contribution in [2.75, 3.05) is 14.2 Å². The fourth-order valence-corrected chi connectivity index (χ4v) is 3.30. The molecule has 0 aliphatic carbocycles. The Hall–Kier alpha value is -3.28. The molecule has 6 nitrogen and oxygen atoms in total. The minimum atomic E-state index is -0.234. The number of amides is 1.